The van der Waals surface area contributed by atoms with E-state index >= 15 is 0 Å². The second-order valence-electron chi connectivity index (χ2n) is 14.6. The number of hydrogen-bond donors (Lipinski definition) is 1. The average Bonchev–Trinajstić information content (AvgIpc) is 3.43. The fraction of sp³-hybridized carbons (Fsp3) is 0.771. The van der Waals surface area contributed by atoms with Gasteiger partial charge in [0, 0.05) is 88.5 Å². The fourth-order valence-corrected chi connectivity index (χ4v) is 12.7. The van der Waals surface area contributed by atoms with E-state index in [4.69, 9.17) is 28.4 Å². The maximum absolute atomic E-state index is 14.8. The zero-order valence-corrected chi connectivity index (χ0v) is 27.6. The predicted molar refractivity (Wildman–Crippen MR) is 163 cm³/mol. The van der Waals surface area contributed by atoms with Gasteiger partial charge in [-0.25, -0.2) is 0 Å². The Bertz CT molecular complexity index is 1340. The molecular weight excluding hydrogens is 578 g/mol. The Labute approximate surface area is 266 Å². The van der Waals surface area contributed by atoms with E-state index in [9.17, 15) is 14.7 Å². The first-order valence-electron chi connectivity index (χ1n) is 16.5. The van der Waals surface area contributed by atoms with Crippen molar-refractivity contribution in [1.29, 1.82) is 0 Å². The number of methoxy groups -OCH3 is 5. The summed E-state index contributed by atoms with van der Waals surface area (Å²) in [6, 6.07) is 7.02. The molecule has 6 fully saturated rings. The van der Waals surface area contributed by atoms with Crippen LogP contribution in [0.2, 0.25) is 0 Å². The molecule has 1 aliphatic heterocycles. The van der Waals surface area contributed by atoms with Gasteiger partial charge in [-0.05, 0) is 56.0 Å². The number of piperidine rings is 1. The van der Waals surface area contributed by atoms with Crippen molar-refractivity contribution in [2.24, 2.45) is 40.4 Å². The molecule has 1 heterocycles. The molecule has 0 amide bonds. The Morgan fingerprint density at radius 2 is 1.69 bits per heavy atom. The third kappa shape index (κ3) is 3.72. The number of nitrogens with zero attached hydrogens (tertiary/aromatic N) is 1. The molecule has 1 spiro atoms. The molecule has 6 aliphatic rings. The van der Waals surface area contributed by atoms with Crippen LogP contribution in [0.1, 0.15) is 49.9 Å². The number of hydrogen-bond acceptors (Lipinski definition) is 10. The Kier molecular flexibility index (Phi) is 7.51. The molecule has 10 heteroatoms. The molecule has 45 heavy (non-hydrogen) atoms. The number of fused-ring (bicyclic) bond motifs is 2. The van der Waals surface area contributed by atoms with Gasteiger partial charge >= 0.3 is 5.97 Å². The average molecular weight is 628 g/mol. The van der Waals surface area contributed by atoms with Crippen molar-refractivity contribution in [3.63, 3.8) is 0 Å². The molecule has 7 bridgehead atoms. The fourth-order valence-electron chi connectivity index (χ4n) is 12.7. The quantitative estimate of drug-likeness (QED) is 0.307. The van der Waals surface area contributed by atoms with Gasteiger partial charge in [0.1, 0.15) is 17.0 Å². The summed E-state index contributed by atoms with van der Waals surface area (Å²) in [4.78, 5) is 30.7. The monoisotopic (exact) mass is 627 g/mol. The van der Waals surface area contributed by atoms with E-state index in [-0.39, 0.29) is 47.2 Å². The van der Waals surface area contributed by atoms with E-state index in [2.05, 4.69) is 11.8 Å². The number of likely N-dealkylation sites (tertiary alicyclic amines) is 1. The summed E-state index contributed by atoms with van der Waals surface area (Å²) in [7, 11) is 8.52. The van der Waals surface area contributed by atoms with Crippen molar-refractivity contribution in [2.75, 3.05) is 55.2 Å². The van der Waals surface area contributed by atoms with Gasteiger partial charge in [-0.2, -0.15) is 0 Å². The van der Waals surface area contributed by atoms with E-state index in [1.807, 2.05) is 0 Å². The number of esters is 1. The van der Waals surface area contributed by atoms with E-state index in [0.29, 0.717) is 30.8 Å². The van der Waals surface area contributed by atoms with Crippen LogP contribution < -0.4 is 4.74 Å². The molecule has 1 aromatic carbocycles. The van der Waals surface area contributed by atoms with Crippen molar-refractivity contribution in [3.8, 4) is 5.75 Å². The Balaban J connectivity index is 1.52. The van der Waals surface area contributed by atoms with Crippen molar-refractivity contribution in [1.82, 2.24) is 4.90 Å². The van der Waals surface area contributed by atoms with Gasteiger partial charge < -0.3 is 33.5 Å². The second kappa shape index (κ2) is 10.7. The first-order valence-corrected chi connectivity index (χ1v) is 16.5. The molecule has 10 nitrogen and oxygen atoms in total. The number of aliphatic hydroxyl groups is 1. The topological polar surface area (TPSA) is 113 Å². The second-order valence-corrected chi connectivity index (χ2v) is 14.6. The lowest BCUT2D eigenvalue weighted by Crippen LogP contribution is -2.77. The number of ether oxygens (including phenoxy) is 6. The van der Waals surface area contributed by atoms with Gasteiger partial charge in [-0.3, -0.25) is 14.5 Å². The number of carbonyl (C=O) groups is 2. The standard InChI is InChI=1S/C35H49NO9/c1-8-36-17-32(18-40-3)14-13-23(42-5)35-22-15-33(39)24(43-6)16-34(45-19(2)37,27(31(35)36)29(44-7)30(32)35)25(22)26(33)28(38)20-9-11-21(41-4)12-10-20/h9-12,22-27,29-31,39H,8,13-18H2,1-7H3. The summed E-state index contributed by atoms with van der Waals surface area (Å²) in [6.45, 7) is 5.86. The van der Waals surface area contributed by atoms with E-state index in [1.54, 1.807) is 59.8 Å². The van der Waals surface area contributed by atoms with Gasteiger partial charge in [0.2, 0.25) is 0 Å². The van der Waals surface area contributed by atoms with Crippen molar-refractivity contribution in [2.45, 2.75) is 75.1 Å². The summed E-state index contributed by atoms with van der Waals surface area (Å²) in [5, 5.41) is 12.9. The molecule has 13 atom stereocenters. The lowest BCUT2D eigenvalue weighted by molar-refractivity contribution is -0.277. The molecule has 1 N–H and O–H groups in total. The highest BCUT2D eigenvalue weighted by molar-refractivity contribution is 5.99. The summed E-state index contributed by atoms with van der Waals surface area (Å²) < 4.78 is 37.3. The number of carbonyl (C=O) groups excluding carboxylic acids is 2. The molecule has 0 aromatic heterocycles. The maximum Gasteiger partial charge on any atom is 0.303 e. The minimum Gasteiger partial charge on any atom is -0.497 e. The third-order valence-electron chi connectivity index (χ3n) is 13.5. The van der Waals surface area contributed by atoms with Crippen LogP contribution in [0.4, 0.5) is 0 Å². The number of ketones is 1. The Hall–Kier alpha value is -2.08. The normalized spacial score (nSPS) is 47.4. The third-order valence-corrected chi connectivity index (χ3v) is 13.5. The number of rotatable bonds is 10. The predicted octanol–water partition coefficient (Wildman–Crippen LogP) is 2.99. The summed E-state index contributed by atoms with van der Waals surface area (Å²) >= 11 is 0. The Morgan fingerprint density at radius 1 is 0.978 bits per heavy atom. The number of Topliss-reactive ketones (excluding diaryl/α,β-unsaturated/α-hetero) is 1. The van der Waals surface area contributed by atoms with Crippen LogP contribution >= 0.6 is 0 Å². The van der Waals surface area contributed by atoms with Crippen molar-refractivity contribution < 1.29 is 43.1 Å². The molecule has 1 aromatic rings. The molecule has 5 aliphatic carbocycles. The first kappa shape index (κ1) is 31.5. The molecule has 13 unspecified atom stereocenters. The van der Waals surface area contributed by atoms with E-state index in [0.717, 1.165) is 25.9 Å². The van der Waals surface area contributed by atoms with Crippen LogP contribution in [0.5, 0.6) is 5.75 Å². The highest BCUT2D eigenvalue weighted by atomic mass is 16.6. The largest absolute Gasteiger partial charge is 0.497 e. The van der Waals surface area contributed by atoms with Crippen molar-refractivity contribution >= 4 is 11.8 Å². The van der Waals surface area contributed by atoms with Crippen LogP contribution in [0, 0.1) is 40.4 Å². The highest BCUT2D eigenvalue weighted by Gasteiger charge is 2.89. The van der Waals surface area contributed by atoms with Crippen LogP contribution in [0.3, 0.4) is 0 Å². The SMILES string of the molecule is CCN1CC2(COC)CCC(OC)C34C5CC6(O)C(OC)CC(OC(C)=O)(C5C6C(=O)c5ccc(OC)cc5)C(C(OC)C23)C14. The van der Waals surface area contributed by atoms with Gasteiger partial charge in [0.05, 0.1) is 37.9 Å². The molecular formula is C35H49NO9. The smallest absolute Gasteiger partial charge is 0.303 e. The molecule has 1 saturated heterocycles. The van der Waals surface area contributed by atoms with Crippen LogP contribution in [0.25, 0.3) is 0 Å². The minimum atomic E-state index is -1.46. The Morgan fingerprint density at radius 3 is 2.27 bits per heavy atom. The van der Waals surface area contributed by atoms with Gasteiger partial charge in [0.25, 0.3) is 0 Å². The zero-order chi connectivity index (χ0) is 32.1. The summed E-state index contributed by atoms with van der Waals surface area (Å²) in [5.41, 5.74) is -2.76. The highest BCUT2D eigenvalue weighted by Crippen LogP contribution is 2.81. The summed E-state index contributed by atoms with van der Waals surface area (Å²) in [5.74, 6) is -1.66. The van der Waals surface area contributed by atoms with E-state index < -0.39 is 40.5 Å². The van der Waals surface area contributed by atoms with Gasteiger partial charge in [0.15, 0.2) is 5.78 Å². The zero-order valence-electron chi connectivity index (χ0n) is 27.6. The molecule has 7 rings (SSSR count). The van der Waals surface area contributed by atoms with E-state index in [1.165, 1.54) is 6.92 Å². The molecule has 248 valence electrons. The van der Waals surface area contributed by atoms with Gasteiger partial charge in [-0.1, -0.05) is 6.92 Å². The van der Waals surface area contributed by atoms with Crippen LogP contribution in [-0.4, -0.2) is 113 Å². The molecule has 0 radical (unpaired) electrons. The lowest BCUT2D eigenvalue weighted by atomic mass is 9.42. The molecule has 5 saturated carbocycles. The minimum absolute atomic E-state index is 0.0227. The number of benzene rings is 1. The van der Waals surface area contributed by atoms with Crippen LogP contribution in [0.15, 0.2) is 24.3 Å². The lowest BCUT2D eigenvalue weighted by Gasteiger charge is -2.69. The van der Waals surface area contributed by atoms with Gasteiger partial charge in [-0.15, -0.1) is 0 Å². The first-order chi connectivity index (χ1) is 21.6. The van der Waals surface area contributed by atoms with Crippen LogP contribution in [-0.2, 0) is 28.5 Å². The van der Waals surface area contributed by atoms with Crippen molar-refractivity contribution in [3.05, 3.63) is 29.8 Å². The maximum atomic E-state index is 14.8. The summed E-state index contributed by atoms with van der Waals surface area (Å²) in [6.07, 6.45) is 1.28.